The summed E-state index contributed by atoms with van der Waals surface area (Å²) in [6.45, 7) is 0.525. The first kappa shape index (κ1) is 12.0. The molecule has 0 aliphatic rings. The van der Waals surface area contributed by atoms with Crippen molar-refractivity contribution in [2.45, 2.75) is 12.6 Å². The van der Waals surface area contributed by atoms with Crippen molar-refractivity contribution in [3.05, 3.63) is 30.2 Å². The van der Waals surface area contributed by atoms with Gasteiger partial charge in [0.25, 0.3) is 0 Å². The first-order valence-corrected chi connectivity index (χ1v) is 5.48. The molecule has 2 rings (SSSR count). The van der Waals surface area contributed by atoms with Crippen LogP contribution >= 0.6 is 0 Å². The van der Waals surface area contributed by atoms with E-state index in [0.717, 1.165) is 16.7 Å². The van der Waals surface area contributed by atoms with Gasteiger partial charge < -0.3 is 14.6 Å². The van der Waals surface area contributed by atoms with Crippen molar-refractivity contribution in [2.75, 3.05) is 20.3 Å². The van der Waals surface area contributed by atoms with Crippen LogP contribution < -0.4 is 0 Å². The lowest BCUT2D eigenvalue weighted by Crippen LogP contribution is -2.37. The van der Waals surface area contributed by atoms with Crippen molar-refractivity contribution in [3.63, 3.8) is 0 Å². The highest BCUT2D eigenvalue weighted by molar-refractivity contribution is 5.72. The molecule has 1 heterocycles. The summed E-state index contributed by atoms with van der Waals surface area (Å²) in [4.78, 5) is 5.95. The van der Waals surface area contributed by atoms with Crippen molar-refractivity contribution >= 4 is 11.1 Å². The van der Waals surface area contributed by atoms with Gasteiger partial charge in [-0.2, -0.15) is 0 Å². The minimum absolute atomic E-state index is 0.0580. The van der Waals surface area contributed by atoms with Gasteiger partial charge in [-0.3, -0.25) is 4.90 Å². The number of fused-ring (bicyclic) bond motifs is 1. The Balaban J connectivity index is 2.11. The minimum atomic E-state index is -0.236. The van der Waals surface area contributed by atoms with Crippen LogP contribution in [0.15, 0.2) is 29.0 Å². The van der Waals surface area contributed by atoms with Crippen molar-refractivity contribution in [2.24, 2.45) is 0 Å². The molecule has 0 saturated heterocycles. The molecule has 0 fully saturated rings. The number of hydrogen-bond donors (Lipinski definition) is 2. The van der Waals surface area contributed by atoms with Crippen LogP contribution in [0.1, 0.15) is 5.56 Å². The van der Waals surface area contributed by atoms with E-state index in [9.17, 15) is 0 Å². The predicted octanol–water partition coefficient (Wildman–Crippen LogP) is 0.613. The van der Waals surface area contributed by atoms with E-state index >= 15 is 0 Å². The van der Waals surface area contributed by atoms with Crippen LogP contribution in [-0.4, -0.2) is 46.4 Å². The first-order valence-electron chi connectivity index (χ1n) is 5.48. The number of benzene rings is 1. The Hall–Kier alpha value is -1.43. The average molecular weight is 236 g/mol. The van der Waals surface area contributed by atoms with Gasteiger partial charge in [0, 0.05) is 6.54 Å². The summed E-state index contributed by atoms with van der Waals surface area (Å²) in [5.41, 5.74) is 2.64. The van der Waals surface area contributed by atoms with Gasteiger partial charge in [0.15, 0.2) is 12.0 Å². The second-order valence-corrected chi connectivity index (χ2v) is 4.09. The number of aliphatic hydroxyl groups is 2. The van der Waals surface area contributed by atoms with E-state index in [2.05, 4.69) is 4.98 Å². The Kier molecular flexibility index (Phi) is 3.73. The predicted molar refractivity (Wildman–Crippen MR) is 63.4 cm³/mol. The summed E-state index contributed by atoms with van der Waals surface area (Å²) >= 11 is 0. The van der Waals surface area contributed by atoms with Crippen molar-refractivity contribution in [3.8, 4) is 0 Å². The molecule has 0 aliphatic carbocycles. The number of rotatable bonds is 5. The number of nitrogens with zero attached hydrogens (tertiary/aromatic N) is 2. The lowest BCUT2D eigenvalue weighted by molar-refractivity contribution is 0.0874. The van der Waals surface area contributed by atoms with E-state index in [1.54, 1.807) is 0 Å². The monoisotopic (exact) mass is 236 g/mol. The normalized spacial score (nSPS) is 11.8. The molecule has 5 nitrogen and oxygen atoms in total. The molecule has 0 atom stereocenters. The van der Waals surface area contributed by atoms with Gasteiger partial charge in [-0.05, 0) is 24.7 Å². The Labute approximate surface area is 99.3 Å². The van der Waals surface area contributed by atoms with Gasteiger partial charge in [0.2, 0.25) is 0 Å². The van der Waals surface area contributed by atoms with E-state index in [-0.39, 0.29) is 19.3 Å². The molecule has 5 heteroatoms. The van der Waals surface area contributed by atoms with Gasteiger partial charge in [-0.25, -0.2) is 4.98 Å². The molecule has 0 spiro atoms. The van der Waals surface area contributed by atoms with Crippen LogP contribution in [0.3, 0.4) is 0 Å². The minimum Gasteiger partial charge on any atom is -0.443 e. The van der Waals surface area contributed by atoms with Crippen LogP contribution in [0.5, 0.6) is 0 Å². The highest BCUT2D eigenvalue weighted by atomic mass is 16.3. The highest BCUT2D eigenvalue weighted by Crippen LogP contribution is 2.15. The summed E-state index contributed by atoms with van der Waals surface area (Å²) < 4.78 is 5.22. The molecule has 17 heavy (non-hydrogen) atoms. The molecule has 1 aromatic heterocycles. The zero-order valence-corrected chi connectivity index (χ0v) is 9.71. The van der Waals surface area contributed by atoms with Gasteiger partial charge in [-0.1, -0.05) is 6.07 Å². The number of hydrogen-bond acceptors (Lipinski definition) is 5. The topological polar surface area (TPSA) is 69.7 Å². The molecule has 2 N–H and O–H groups in total. The molecular formula is C12H16N2O3. The zero-order valence-electron chi connectivity index (χ0n) is 9.71. The second-order valence-electron chi connectivity index (χ2n) is 4.09. The molecule has 0 bridgehead atoms. The maximum absolute atomic E-state index is 9.08. The fourth-order valence-corrected chi connectivity index (χ4v) is 1.75. The maximum atomic E-state index is 9.08. The molecule has 2 aromatic rings. The smallest absolute Gasteiger partial charge is 0.181 e. The van der Waals surface area contributed by atoms with Crippen LogP contribution in [0.2, 0.25) is 0 Å². The number of aliphatic hydroxyl groups excluding tert-OH is 2. The lowest BCUT2D eigenvalue weighted by Gasteiger charge is -2.24. The number of oxazole rings is 1. The van der Waals surface area contributed by atoms with Crippen LogP contribution in [0, 0.1) is 0 Å². The standard InChI is InChI=1S/C12H16N2O3/c1-14(10(6-15)7-16)5-9-2-3-11-12(4-9)17-8-13-11/h2-4,8,10,15-16H,5-7H2,1H3. The molecule has 0 radical (unpaired) electrons. The quantitative estimate of drug-likeness (QED) is 0.796. The van der Waals surface area contributed by atoms with Crippen molar-refractivity contribution in [1.29, 1.82) is 0 Å². The molecule has 0 unspecified atom stereocenters. The lowest BCUT2D eigenvalue weighted by atomic mass is 10.1. The molecular weight excluding hydrogens is 220 g/mol. The summed E-state index contributed by atoms with van der Waals surface area (Å²) in [5, 5.41) is 18.2. The van der Waals surface area contributed by atoms with Gasteiger partial charge in [-0.15, -0.1) is 0 Å². The first-order chi connectivity index (χ1) is 8.24. The third kappa shape index (κ3) is 2.63. The highest BCUT2D eigenvalue weighted by Gasteiger charge is 2.13. The summed E-state index contributed by atoms with van der Waals surface area (Å²) in [5.74, 6) is 0. The molecule has 0 aliphatic heterocycles. The summed E-state index contributed by atoms with van der Waals surface area (Å²) in [6, 6.07) is 5.55. The van der Waals surface area contributed by atoms with Crippen molar-refractivity contribution in [1.82, 2.24) is 9.88 Å². The van der Waals surface area contributed by atoms with Gasteiger partial charge in [0.05, 0.1) is 19.3 Å². The zero-order chi connectivity index (χ0) is 12.3. The van der Waals surface area contributed by atoms with E-state index in [4.69, 9.17) is 14.6 Å². The third-order valence-electron chi connectivity index (χ3n) is 2.87. The van der Waals surface area contributed by atoms with E-state index in [1.165, 1.54) is 6.39 Å². The van der Waals surface area contributed by atoms with E-state index < -0.39 is 0 Å². The summed E-state index contributed by atoms with van der Waals surface area (Å²) in [7, 11) is 1.86. The molecule has 92 valence electrons. The van der Waals surface area contributed by atoms with Crippen LogP contribution in [0.4, 0.5) is 0 Å². The largest absolute Gasteiger partial charge is 0.443 e. The van der Waals surface area contributed by atoms with E-state index in [1.807, 2.05) is 30.1 Å². The maximum Gasteiger partial charge on any atom is 0.181 e. The Morgan fingerprint density at radius 2 is 2.12 bits per heavy atom. The summed E-state index contributed by atoms with van der Waals surface area (Å²) in [6.07, 6.45) is 1.42. The second kappa shape index (κ2) is 5.27. The number of likely N-dealkylation sites (N-methyl/N-ethyl adjacent to an activating group) is 1. The van der Waals surface area contributed by atoms with Crippen molar-refractivity contribution < 1.29 is 14.6 Å². The Bertz CT molecular complexity index is 479. The molecule has 0 saturated carbocycles. The fourth-order valence-electron chi connectivity index (χ4n) is 1.75. The fraction of sp³-hybridized carbons (Fsp3) is 0.417. The Morgan fingerprint density at radius 3 is 2.82 bits per heavy atom. The van der Waals surface area contributed by atoms with Crippen LogP contribution in [-0.2, 0) is 6.54 Å². The van der Waals surface area contributed by atoms with Crippen LogP contribution in [0.25, 0.3) is 11.1 Å². The SMILES string of the molecule is CN(Cc1ccc2ncoc2c1)C(CO)CO. The van der Waals surface area contributed by atoms with Gasteiger partial charge >= 0.3 is 0 Å². The Morgan fingerprint density at radius 1 is 1.35 bits per heavy atom. The molecule has 0 amide bonds. The number of aromatic nitrogens is 1. The third-order valence-corrected chi connectivity index (χ3v) is 2.87. The average Bonchev–Trinajstić information content (AvgIpc) is 2.77. The van der Waals surface area contributed by atoms with E-state index in [0.29, 0.717) is 6.54 Å². The molecule has 1 aromatic carbocycles. The van der Waals surface area contributed by atoms with Gasteiger partial charge in [0.1, 0.15) is 5.52 Å².